The van der Waals surface area contributed by atoms with Gasteiger partial charge in [0.25, 0.3) is 0 Å². The molecule has 0 spiro atoms. The van der Waals surface area contributed by atoms with Crippen LogP contribution in [0.1, 0.15) is 68.9 Å². The average Bonchev–Trinajstić information content (AvgIpc) is 3.18. The van der Waals surface area contributed by atoms with Gasteiger partial charge in [0.2, 0.25) is 5.91 Å². The van der Waals surface area contributed by atoms with Crippen molar-refractivity contribution in [2.75, 3.05) is 36.5 Å². The highest BCUT2D eigenvalue weighted by atomic mass is 19.1. The Morgan fingerprint density at radius 1 is 1.21 bits per heavy atom. The number of benzene rings is 1. The van der Waals surface area contributed by atoms with E-state index in [0.717, 1.165) is 76.1 Å². The molecule has 1 aromatic carbocycles. The minimum atomic E-state index is -0.252. The number of halogens is 1. The van der Waals surface area contributed by atoms with Crippen LogP contribution in [0.4, 0.5) is 15.9 Å². The number of morpholine rings is 1. The summed E-state index contributed by atoms with van der Waals surface area (Å²) in [5.41, 5.74) is 3.24. The van der Waals surface area contributed by atoms with Crippen molar-refractivity contribution in [3.63, 3.8) is 0 Å². The van der Waals surface area contributed by atoms with E-state index in [0.29, 0.717) is 48.1 Å². The van der Waals surface area contributed by atoms with Crippen molar-refractivity contribution in [3.8, 4) is 0 Å². The molecule has 5 atom stereocenters. The zero-order valence-corrected chi connectivity index (χ0v) is 22.3. The lowest BCUT2D eigenvalue weighted by atomic mass is 9.54. The van der Waals surface area contributed by atoms with Crippen molar-refractivity contribution in [2.24, 2.45) is 23.2 Å². The van der Waals surface area contributed by atoms with Crippen molar-refractivity contribution in [2.45, 2.75) is 64.2 Å². The quantitative estimate of drug-likeness (QED) is 0.544. The normalized spacial score (nSPS) is 30.4. The van der Waals surface area contributed by atoms with E-state index in [1.807, 2.05) is 24.4 Å². The lowest BCUT2D eigenvalue weighted by Crippen LogP contribution is -2.44. The van der Waals surface area contributed by atoms with Gasteiger partial charge >= 0.3 is 0 Å². The van der Waals surface area contributed by atoms with Crippen LogP contribution < -0.4 is 10.2 Å². The third kappa shape index (κ3) is 4.74. The van der Waals surface area contributed by atoms with E-state index in [4.69, 9.17) is 4.74 Å². The van der Waals surface area contributed by atoms with Crippen LogP contribution in [0.25, 0.3) is 0 Å². The monoisotopic (exact) mass is 519 g/mol. The number of carbonyl (C=O) groups is 2. The zero-order valence-electron chi connectivity index (χ0n) is 22.3. The number of ether oxygens (including phenoxy) is 1. The predicted octanol–water partition coefficient (Wildman–Crippen LogP) is 5.52. The molecule has 0 radical (unpaired) electrons. The molecule has 1 N–H and O–H groups in total. The topological polar surface area (TPSA) is 71.5 Å². The lowest BCUT2D eigenvalue weighted by molar-refractivity contribution is -0.129. The molecule has 3 aliphatic carbocycles. The Hall–Kier alpha value is -2.80. The summed E-state index contributed by atoms with van der Waals surface area (Å²) in [6.07, 6.45) is 8.36. The molecule has 2 saturated carbocycles. The van der Waals surface area contributed by atoms with Crippen molar-refractivity contribution >= 4 is 23.2 Å². The zero-order chi connectivity index (χ0) is 26.3. The van der Waals surface area contributed by atoms with Crippen molar-refractivity contribution < 1.29 is 18.7 Å². The highest BCUT2D eigenvalue weighted by Crippen LogP contribution is 2.62. The summed E-state index contributed by atoms with van der Waals surface area (Å²) in [5, 5.41) is 2.94. The molecule has 38 heavy (non-hydrogen) atoms. The lowest BCUT2D eigenvalue weighted by Gasteiger charge is -2.50. The summed E-state index contributed by atoms with van der Waals surface area (Å²) in [7, 11) is 0. The Balaban J connectivity index is 1.06. The number of hydrogen-bond acceptors (Lipinski definition) is 5. The first-order valence-electron chi connectivity index (χ1n) is 14.3. The molecule has 1 aliphatic heterocycles. The van der Waals surface area contributed by atoms with Gasteiger partial charge in [-0.15, -0.1) is 0 Å². The first kappa shape index (κ1) is 25.5. The van der Waals surface area contributed by atoms with Crippen LogP contribution in [0.15, 0.2) is 36.5 Å². The van der Waals surface area contributed by atoms with Crippen LogP contribution in [0.2, 0.25) is 0 Å². The minimum absolute atomic E-state index is 0.0288. The third-order valence-corrected chi connectivity index (χ3v) is 9.90. The molecule has 1 saturated heterocycles. The summed E-state index contributed by atoms with van der Waals surface area (Å²) in [6.45, 7) is 5.34. The van der Waals surface area contributed by atoms with Gasteiger partial charge in [-0.1, -0.05) is 13.0 Å². The molecule has 4 unspecified atom stereocenters. The summed E-state index contributed by atoms with van der Waals surface area (Å²) in [5.74, 6) is 2.35. The summed E-state index contributed by atoms with van der Waals surface area (Å²) in [6, 6.07) is 9.14. The fourth-order valence-electron chi connectivity index (χ4n) is 8.07. The number of carbonyl (C=O) groups excluding carboxylic acids is 2. The molecule has 7 heteroatoms. The molecule has 2 aromatic rings. The van der Waals surface area contributed by atoms with E-state index in [2.05, 4.69) is 22.1 Å². The van der Waals surface area contributed by atoms with E-state index in [1.165, 1.54) is 5.56 Å². The van der Waals surface area contributed by atoms with Gasteiger partial charge in [0.1, 0.15) is 17.4 Å². The number of aryl methyl sites for hydroxylation is 1. The van der Waals surface area contributed by atoms with E-state index < -0.39 is 0 Å². The first-order valence-corrected chi connectivity index (χ1v) is 14.3. The number of hydrogen-bond donors (Lipinski definition) is 1. The largest absolute Gasteiger partial charge is 0.378 e. The number of fused-ring (bicyclic) bond motifs is 5. The summed E-state index contributed by atoms with van der Waals surface area (Å²) in [4.78, 5) is 32.6. The average molecular weight is 520 g/mol. The highest BCUT2D eigenvalue weighted by molar-refractivity contribution is 5.90. The van der Waals surface area contributed by atoms with Crippen LogP contribution in [0.3, 0.4) is 0 Å². The standard InChI is InChI=1S/C31H38FN3O3/c1-31-12-11-25-24-9-6-22(32)17-20(24)5-8-26(25)30(31)21(18-27(31)36)3-2-4-29(37)34-28-10-7-23(19-33-28)35-13-15-38-16-14-35/h6-7,9-10,17,19,21,25-26,30H,2-5,8,11-16,18H2,1H3,(H,33,34,37)/t21?,25?,26?,30?,31-/m1/s1. The number of nitrogens with one attached hydrogen (secondary N) is 1. The number of pyridine rings is 1. The van der Waals surface area contributed by atoms with Crippen LogP contribution in [0, 0.1) is 29.0 Å². The molecular weight excluding hydrogens is 481 g/mol. The van der Waals surface area contributed by atoms with Crippen LogP contribution in [0.5, 0.6) is 0 Å². The molecule has 4 aliphatic rings. The molecule has 2 heterocycles. The fraction of sp³-hybridized carbons (Fsp3) is 0.581. The molecule has 1 aromatic heterocycles. The number of aromatic nitrogens is 1. The van der Waals surface area contributed by atoms with Gasteiger partial charge in [-0.3, -0.25) is 9.59 Å². The number of rotatable bonds is 6. The van der Waals surface area contributed by atoms with E-state index in [9.17, 15) is 14.0 Å². The number of amides is 1. The van der Waals surface area contributed by atoms with Crippen molar-refractivity contribution in [3.05, 3.63) is 53.5 Å². The van der Waals surface area contributed by atoms with Gasteiger partial charge in [0, 0.05) is 31.3 Å². The van der Waals surface area contributed by atoms with Gasteiger partial charge < -0.3 is 15.0 Å². The molecule has 3 fully saturated rings. The van der Waals surface area contributed by atoms with E-state index in [1.54, 1.807) is 12.1 Å². The second-order valence-corrected chi connectivity index (χ2v) is 12.0. The van der Waals surface area contributed by atoms with Gasteiger partial charge in [0.15, 0.2) is 0 Å². The SMILES string of the molecule is C[C@]12CCC3c4ccc(F)cc4CCC3C1C(CCCC(=O)Nc1ccc(N3CCOCC3)cn1)CC2=O. The van der Waals surface area contributed by atoms with Crippen LogP contribution in [-0.4, -0.2) is 43.0 Å². The third-order valence-electron chi connectivity index (χ3n) is 9.90. The van der Waals surface area contributed by atoms with Crippen LogP contribution >= 0.6 is 0 Å². The number of ketones is 1. The molecule has 6 rings (SSSR count). The Morgan fingerprint density at radius 3 is 2.84 bits per heavy atom. The van der Waals surface area contributed by atoms with Crippen molar-refractivity contribution in [1.29, 1.82) is 0 Å². The molecule has 6 nitrogen and oxygen atoms in total. The maximum atomic E-state index is 13.9. The maximum Gasteiger partial charge on any atom is 0.225 e. The summed E-state index contributed by atoms with van der Waals surface area (Å²) >= 11 is 0. The highest BCUT2D eigenvalue weighted by Gasteiger charge is 2.58. The number of anilines is 2. The Morgan fingerprint density at radius 2 is 2.05 bits per heavy atom. The van der Waals surface area contributed by atoms with Gasteiger partial charge in [-0.2, -0.15) is 0 Å². The van der Waals surface area contributed by atoms with Crippen LogP contribution in [-0.2, 0) is 20.7 Å². The van der Waals surface area contributed by atoms with E-state index in [-0.39, 0.29) is 17.1 Å². The Labute approximate surface area is 224 Å². The Bertz CT molecular complexity index is 1200. The second kappa shape index (κ2) is 10.4. The molecule has 0 bridgehead atoms. The fourth-order valence-corrected chi connectivity index (χ4v) is 8.07. The maximum absolute atomic E-state index is 13.9. The van der Waals surface area contributed by atoms with Gasteiger partial charge in [-0.05, 0) is 97.6 Å². The van der Waals surface area contributed by atoms with Gasteiger partial charge in [0.05, 0.1) is 25.1 Å². The van der Waals surface area contributed by atoms with Gasteiger partial charge in [-0.25, -0.2) is 9.37 Å². The first-order chi connectivity index (χ1) is 18.4. The number of nitrogens with zero attached hydrogens (tertiary/aromatic N) is 2. The Kier molecular flexibility index (Phi) is 6.97. The van der Waals surface area contributed by atoms with Crippen molar-refractivity contribution in [1.82, 2.24) is 4.98 Å². The van der Waals surface area contributed by atoms with E-state index >= 15 is 0 Å². The number of Topliss-reactive ketones (excluding diaryl/α,β-unsaturated/α-hetero) is 1. The summed E-state index contributed by atoms with van der Waals surface area (Å²) < 4.78 is 19.3. The second-order valence-electron chi connectivity index (χ2n) is 12.0. The minimum Gasteiger partial charge on any atom is -0.378 e. The smallest absolute Gasteiger partial charge is 0.225 e. The predicted molar refractivity (Wildman–Crippen MR) is 145 cm³/mol. The molecule has 202 valence electrons. The molecule has 1 amide bonds. The molecular formula is C31H38FN3O3.